The first-order chi connectivity index (χ1) is 5.74. The minimum absolute atomic E-state index is 0.501. The molecule has 0 saturated carbocycles. The fourth-order valence-electron chi connectivity index (χ4n) is 0.837. The molecule has 12 heavy (non-hydrogen) atoms. The number of carbonyl (C=O) groups is 1. The minimum Gasteiger partial charge on any atom is -0.302 e. The highest BCUT2D eigenvalue weighted by atomic mass is 35.5. The van der Waals surface area contributed by atoms with E-state index in [4.69, 9.17) is 11.6 Å². The third-order valence-electron chi connectivity index (χ3n) is 1.45. The molecule has 0 atom stereocenters. The van der Waals surface area contributed by atoms with Gasteiger partial charge in [0.05, 0.1) is 5.75 Å². The summed E-state index contributed by atoms with van der Waals surface area (Å²) in [4.78, 5) is 11.2. The quantitative estimate of drug-likeness (QED) is 0.551. The summed E-state index contributed by atoms with van der Waals surface area (Å²) in [7, 11) is 0. The maximum absolute atomic E-state index is 10.1. The Kier molecular flexibility index (Phi) is 3.63. The Bertz CT molecular complexity index is 286. The number of aldehydes is 1. The van der Waals surface area contributed by atoms with Crippen molar-refractivity contribution < 1.29 is 4.79 Å². The van der Waals surface area contributed by atoms with Gasteiger partial charge >= 0.3 is 0 Å². The van der Waals surface area contributed by atoms with Crippen molar-refractivity contribution >= 4 is 29.6 Å². The van der Waals surface area contributed by atoms with Crippen molar-refractivity contribution in [2.75, 3.05) is 5.75 Å². The zero-order valence-electron chi connectivity index (χ0n) is 6.71. The van der Waals surface area contributed by atoms with E-state index in [0.717, 1.165) is 21.8 Å². The maximum Gasteiger partial charge on any atom is 0.130 e. The molecule has 0 amide bonds. The van der Waals surface area contributed by atoms with Crippen LogP contribution in [0.1, 0.15) is 5.56 Å². The molecule has 0 unspecified atom stereocenters. The van der Waals surface area contributed by atoms with E-state index < -0.39 is 0 Å². The predicted molar refractivity (Wildman–Crippen MR) is 53.0 cm³/mol. The lowest BCUT2D eigenvalue weighted by molar-refractivity contribution is -0.105. The molecular weight excluding hydrogens is 192 g/mol. The van der Waals surface area contributed by atoms with Gasteiger partial charge in [-0.3, -0.25) is 0 Å². The fourth-order valence-corrected chi connectivity index (χ4v) is 1.64. The summed E-state index contributed by atoms with van der Waals surface area (Å²) in [5.74, 6) is 0.501. The molecule has 0 aliphatic carbocycles. The van der Waals surface area contributed by atoms with Gasteiger partial charge in [0.15, 0.2) is 0 Å². The molecule has 1 nitrogen and oxygen atoms in total. The third kappa shape index (κ3) is 2.54. The zero-order valence-corrected chi connectivity index (χ0v) is 8.28. The van der Waals surface area contributed by atoms with Gasteiger partial charge in [-0.2, -0.15) is 0 Å². The highest BCUT2D eigenvalue weighted by molar-refractivity contribution is 7.99. The normalized spacial score (nSPS) is 9.83. The van der Waals surface area contributed by atoms with Crippen LogP contribution in [-0.2, 0) is 4.79 Å². The molecule has 0 N–H and O–H groups in total. The lowest BCUT2D eigenvalue weighted by atomic mass is 10.2. The molecule has 0 aliphatic rings. The van der Waals surface area contributed by atoms with Crippen molar-refractivity contribution in [2.24, 2.45) is 0 Å². The van der Waals surface area contributed by atoms with E-state index in [1.807, 2.05) is 25.1 Å². The van der Waals surface area contributed by atoms with E-state index in [-0.39, 0.29) is 0 Å². The summed E-state index contributed by atoms with van der Waals surface area (Å²) in [6.07, 6.45) is 0.897. The van der Waals surface area contributed by atoms with Crippen molar-refractivity contribution in [3.8, 4) is 0 Å². The molecule has 0 heterocycles. The van der Waals surface area contributed by atoms with Crippen molar-refractivity contribution in [3.05, 3.63) is 28.8 Å². The van der Waals surface area contributed by atoms with Crippen molar-refractivity contribution in [3.63, 3.8) is 0 Å². The molecule has 64 valence electrons. The largest absolute Gasteiger partial charge is 0.302 e. The number of rotatable bonds is 3. The van der Waals surface area contributed by atoms with Gasteiger partial charge in [0, 0.05) is 9.92 Å². The second-order valence-electron chi connectivity index (χ2n) is 2.39. The predicted octanol–water partition coefficient (Wildman–Crippen LogP) is 2.94. The SMILES string of the molecule is Cc1cc(SCC=O)ccc1Cl. The summed E-state index contributed by atoms with van der Waals surface area (Å²) >= 11 is 7.35. The van der Waals surface area contributed by atoms with Crippen LogP contribution < -0.4 is 0 Å². The number of hydrogen-bond donors (Lipinski definition) is 0. The Hall–Kier alpha value is -0.470. The van der Waals surface area contributed by atoms with Crippen molar-refractivity contribution in [1.82, 2.24) is 0 Å². The molecule has 0 aliphatic heterocycles. The van der Waals surface area contributed by atoms with Crippen LogP contribution in [0.25, 0.3) is 0 Å². The van der Waals surface area contributed by atoms with Gasteiger partial charge in [-0.05, 0) is 30.7 Å². The van der Waals surface area contributed by atoms with Crippen LogP contribution in [0.5, 0.6) is 0 Å². The first-order valence-corrected chi connectivity index (χ1v) is 4.93. The molecule has 0 spiro atoms. The molecule has 1 aromatic rings. The average molecular weight is 201 g/mol. The summed E-state index contributed by atoms with van der Waals surface area (Å²) < 4.78 is 0. The number of aryl methyl sites for hydroxylation is 1. The molecule has 0 bridgehead atoms. The average Bonchev–Trinajstić information content (AvgIpc) is 2.07. The van der Waals surface area contributed by atoms with Gasteiger partial charge in [0.1, 0.15) is 6.29 Å². The zero-order chi connectivity index (χ0) is 8.97. The molecule has 0 saturated heterocycles. The smallest absolute Gasteiger partial charge is 0.130 e. The lowest BCUT2D eigenvalue weighted by Crippen LogP contribution is -1.81. The Balaban J connectivity index is 2.75. The van der Waals surface area contributed by atoms with Gasteiger partial charge in [-0.1, -0.05) is 11.6 Å². The number of hydrogen-bond acceptors (Lipinski definition) is 2. The van der Waals surface area contributed by atoms with Gasteiger partial charge < -0.3 is 4.79 Å². The highest BCUT2D eigenvalue weighted by Crippen LogP contribution is 2.23. The van der Waals surface area contributed by atoms with Crippen molar-refractivity contribution in [1.29, 1.82) is 0 Å². The second-order valence-corrected chi connectivity index (χ2v) is 3.89. The fraction of sp³-hybridized carbons (Fsp3) is 0.222. The van der Waals surface area contributed by atoms with E-state index in [9.17, 15) is 4.79 Å². The monoisotopic (exact) mass is 200 g/mol. The van der Waals surface area contributed by atoms with Crippen LogP contribution >= 0.6 is 23.4 Å². The Morgan fingerprint density at radius 2 is 2.33 bits per heavy atom. The molecule has 0 radical (unpaired) electrons. The van der Waals surface area contributed by atoms with E-state index in [1.54, 1.807) is 0 Å². The number of halogens is 1. The van der Waals surface area contributed by atoms with Gasteiger partial charge in [0.2, 0.25) is 0 Å². The van der Waals surface area contributed by atoms with Crippen LogP contribution in [-0.4, -0.2) is 12.0 Å². The molecule has 0 aromatic heterocycles. The van der Waals surface area contributed by atoms with E-state index in [1.165, 1.54) is 11.8 Å². The van der Waals surface area contributed by atoms with Crippen LogP contribution in [0, 0.1) is 6.92 Å². The summed E-state index contributed by atoms with van der Waals surface area (Å²) in [6, 6.07) is 5.75. The number of benzene rings is 1. The summed E-state index contributed by atoms with van der Waals surface area (Å²) in [5, 5.41) is 0.769. The first kappa shape index (κ1) is 9.62. The molecule has 1 aromatic carbocycles. The molecule has 3 heteroatoms. The standard InChI is InChI=1S/C9H9ClOS/c1-7-6-8(12-5-4-11)2-3-9(7)10/h2-4,6H,5H2,1H3. The maximum atomic E-state index is 10.1. The second kappa shape index (κ2) is 4.53. The Morgan fingerprint density at radius 1 is 1.58 bits per heavy atom. The molecule has 0 fully saturated rings. The first-order valence-electron chi connectivity index (χ1n) is 3.56. The van der Waals surface area contributed by atoms with Gasteiger partial charge in [-0.15, -0.1) is 11.8 Å². The van der Waals surface area contributed by atoms with Gasteiger partial charge in [-0.25, -0.2) is 0 Å². The third-order valence-corrected chi connectivity index (χ3v) is 2.76. The highest BCUT2D eigenvalue weighted by Gasteiger charge is 1.97. The lowest BCUT2D eigenvalue weighted by Gasteiger charge is -2.00. The molecular formula is C9H9ClOS. The van der Waals surface area contributed by atoms with Crippen LogP contribution in [0.2, 0.25) is 5.02 Å². The van der Waals surface area contributed by atoms with Crippen LogP contribution in [0.3, 0.4) is 0 Å². The minimum atomic E-state index is 0.501. The van der Waals surface area contributed by atoms with E-state index in [0.29, 0.717) is 5.75 Å². The Labute approximate surface area is 81.1 Å². The summed E-state index contributed by atoms with van der Waals surface area (Å²) in [6.45, 7) is 1.95. The van der Waals surface area contributed by atoms with Crippen LogP contribution in [0.15, 0.2) is 23.1 Å². The van der Waals surface area contributed by atoms with Crippen LogP contribution in [0.4, 0.5) is 0 Å². The van der Waals surface area contributed by atoms with Crippen molar-refractivity contribution in [2.45, 2.75) is 11.8 Å². The summed E-state index contributed by atoms with van der Waals surface area (Å²) in [5.41, 5.74) is 1.05. The van der Waals surface area contributed by atoms with Gasteiger partial charge in [0.25, 0.3) is 0 Å². The Morgan fingerprint density at radius 3 is 2.92 bits per heavy atom. The van der Waals surface area contributed by atoms with E-state index in [2.05, 4.69) is 0 Å². The van der Waals surface area contributed by atoms with E-state index >= 15 is 0 Å². The molecule has 1 rings (SSSR count). The number of carbonyl (C=O) groups excluding carboxylic acids is 1. The number of thioether (sulfide) groups is 1. The topological polar surface area (TPSA) is 17.1 Å².